The monoisotopic (exact) mass is 313 g/mol. The van der Waals surface area contributed by atoms with Crippen LogP contribution in [0.1, 0.15) is 23.4 Å². The highest BCUT2D eigenvalue weighted by Crippen LogP contribution is 2.14. The summed E-state index contributed by atoms with van der Waals surface area (Å²) >= 11 is 0. The maximum Gasteiger partial charge on any atom is 0.338 e. The largest absolute Gasteiger partial charge is 0.338 e. The standard InChI is InChI=1S/C16H16FN5O/c1-11-8-19-14(9-18-11)10-20-16(23)22-7-6-15(21-22)12-2-4-13(17)5-3-12/h2-5,8-9H,6-7,10H2,1H3,(H,20,23). The summed E-state index contributed by atoms with van der Waals surface area (Å²) in [7, 11) is 0. The van der Waals surface area contributed by atoms with Gasteiger partial charge >= 0.3 is 6.03 Å². The number of benzene rings is 1. The number of carbonyl (C=O) groups excluding carboxylic acids is 1. The van der Waals surface area contributed by atoms with Crippen molar-refractivity contribution in [2.75, 3.05) is 6.54 Å². The minimum atomic E-state index is -0.291. The Labute approximate surface area is 133 Å². The molecule has 0 saturated carbocycles. The third kappa shape index (κ3) is 3.68. The van der Waals surface area contributed by atoms with Gasteiger partial charge < -0.3 is 5.32 Å². The van der Waals surface area contributed by atoms with Gasteiger partial charge in [-0.15, -0.1) is 0 Å². The predicted molar refractivity (Wildman–Crippen MR) is 83.3 cm³/mol. The number of hydrogen-bond donors (Lipinski definition) is 1. The van der Waals surface area contributed by atoms with Crippen LogP contribution in [0.15, 0.2) is 41.8 Å². The van der Waals surface area contributed by atoms with E-state index in [0.29, 0.717) is 25.2 Å². The molecular weight excluding hydrogens is 297 g/mol. The number of nitrogens with one attached hydrogen (secondary N) is 1. The van der Waals surface area contributed by atoms with Crippen molar-refractivity contribution in [3.63, 3.8) is 0 Å². The summed E-state index contributed by atoms with van der Waals surface area (Å²) in [5.41, 5.74) is 3.11. The van der Waals surface area contributed by atoms with Gasteiger partial charge in [-0.1, -0.05) is 12.1 Å². The van der Waals surface area contributed by atoms with Gasteiger partial charge in [0, 0.05) is 12.6 Å². The van der Waals surface area contributed by atoms with Crippen molar-refractivity contribution < 1.29 is 9.18 Å². The first-order chi connectivity index (χ1) is 11.1. The number of carbonyl (C=O) groups is 1. The van der Waals surface area contributed by atoms with E-state index in [9.17, 15) is 9.18 Å². The Morgan fingerprint density at radius 1 is 1.26 bits per heavy atom. The predicted octanol–water partition coefficient (Wildman–Crippen LogP) is 2.24. The van der Waals surface area contributed by atoms with Crippen molar-refractivity contribution in [3.8, 4) is 0 Å². The van der Waals surface area contributed by atoms with Gasteiger partial charge in [-0.2, -0.15) is 5.10 Å². The second kappa shape index (κ2) is 6.51. The number of nitrogens with zero attached hydrogens (tertiary/aromatic N) is 4. The molecule has 7 heteroatoms. The average molecular weight is 313 g/mol. The van der Waals surface area contributed by atoms with Gasteiger partial charge in [-0.3, -0.25) is 9.97 Å². The van der Waals surface area contributed by atoms with Crippen LogP contribution >= 0.6 is 0 Å². The molecule has 0 saturated heterocycles. The van der Waals surface area contributed by atoms with Crippen LogP contribution in [0.25, 0.3) is 0 Å². The zero-order valence-electron chi connectivity index (χ0n) is 12.7. The molecule has 2 amide bonds. The van der Waals surface area contributed by atoms with E-state index in [1.165, 1.54) is 17.1 Å². The second-order valence-electron chi connectivity index (χ2n) is 5.23. The molecule has 2 aromatic rings. The van der Waals surface area contributed by atoms with Gasteiger partial charge in [0.05, 0.1) is 36.4 Å². The van der Waals surface area contributed by atoms with Crippen LogP contribution < -0.4 is 5.32 Å². The number of hydrogen-bond acceptors (Lipinski definition) is 4. The molecular formula is C16H16FN5O. The first kappa shape index (κ1) is 15.1. The van der Waals surface area contributed by atoms with Crippen LogP contribution in [0.4, 0.5) is 9.18 Å². The molecule has 1 aliphatic rings. The zero-order valence-corrected chi connectivity index (χ0v) is 12.7. The van der Waals surface area contributed by atoms with Crippen molar-refractivity contribution in [2.24, 2.45) is 5.10 Å². The molecule has 1 aliphatic heterocycles. The van der Waals surface area contributed by atoms with E-state index in [1.54, 1.807) is 24.5 Å². The molecule has 1 N–H and O–H groups in total. The SMILES string of the molecule is Cc1cnc(CNC(=O)N2CCC(c3ccc(F)cc3)=N2)cn1. The average Bonchev–Trinajstić information content (AvgIpc) is 3.05. The molecule has 23 heavy (non-hydrogen) atoms. The number of rotatable bonds is 3. The maximum absolute atomic E-state index is 12.9. The summed E-state index contributed by atoms with van der Waals surface area (Å²) in [5.74, 6) is -0.291. The fourth-order valence-corrected chi connectivity index (χ4v) is 2.22. The van der Waals surface area contributed by atoms with E-state index in [-0.39, 0.29) is 11.8 Å². The van der Waals surface area contributed by atoms with E-state index in [0.717, 1.165) is 17.0 Å². The minimum absolute atomic E-state index is 0.288. The Bertz CT molecular complexity index is 727. The lowest BCUT2D eigenvalue weighted by Crippen LogP contribution is -2.35. The Morgan fingerprint density at radius 3 is 2.74 bits per heavy atom. The first-order valence-corrected chi connectivity index (χ1v) is 7.28. The van der Waals surface area contributed by atoms with Gasteiger partial charge in [0.1, 0.15) is 5.82 Å². The van der Waals surface area contributed by atoms with Gasteiger partial charge in [0.2, 0.25) is 0 Å². The minimum Gasteiger partial charge on any atom is -0.331 e. The number of amides is 2. The Balaban J connectivity index is 1.60. The molecule has 0 radical (unpaired) electrons. The maximum atomic E-state index is 12.9. The molecule has 0 unspecified atom stereocenters. The van der Waals surface area contributed by atoms with E-state index in [1.807, 2.05) is 6.92 Å². The number of aromatic nitrogens is 2. The van der Waals surface area contributed by atoms with Crippen LogP contribution in [0.3, 0.4) is 0 Å². The molecule has 1 aromatic heterocycles. The lowest BCUT2D eigenvalue weighted by molar-refractivity contribution is 0.204. The lowest BCUT2D eigenvalue weighted by atomic mass is 10.1. The van der Waals surface area contributed by atoms with Gasteiger partial charge in [0.15, 0.2) is 0 Å². The summed E-state index contributed by atoms with van der Waals surface area (Å²) in [4.78, 5) is 20.4. The van der Waals surface area contributed by atoms with E-state index < -0.39 is 0 Å². The second-order valence-corrected chi connectivity index (χ2v) is 5.23. The highest BCUT2D eigenvalue weighted by atomic mass is 19.1. The highest BCUT2D eigenvalue weighted by Gasteiger charge is 2.21. The summed E-state index contributed by atoms with van der Waals surface area (Å²) < 4.78 is 12.9. The van der Waals surface area contributed by atoms with Crippen LogP contribution in [-0.2, 0) is 6.54 Å². The van der Waals surface area contributed by atoms with Crippen molar-refractivity contribution in [2.45, 2.75) is 19.9 Å². The van der Waals surface area contributed by atoms with E-state index >= 15 is 0 Å². The quantitative estimate of drug-likeness (QED) is 0.944. The van der Waals surface area contributed by atoms with Crippen molar-refractivity contribution in [1.82, 2.24) is 20.3 Å². The molecule has 2 heterocycles. The zero-order chi connectivity index (χ0) is 16.2. The van der Waals surface area contributed by atoms with Crippen molar-refractivity contribution in [1.29, 1.82) is 0 Å². The molecule has 0 atom stereocenters. The molecule has 0 bridgehead atoms. The molecule has 6 nitrogen and oxygen atoms in total. The fourth-order valence-electron chi connectivity index (χ4n) is 2.22. The van der Waals surface area contributed by atoms with Crippen LogP contribution in [-0.4, -0.2) is 33.3 Å². The topological polar surface area (TPSA) is 70.5 Å². The molecule has 0 aliphatic carbocycles. The van der Waals surface area contributed by atoms with Crippen molar-refractivity contribution in [3.05, 3.63) is 59.4 Å². The van der Waals surface area contributed by atoms with Crippen LogP contribution in [0, 0.1) is 12.7 Å². The number of urea groups is 1. The third-order valence-electron chi connectivity index (χ3n) is 3.47. The highest BCUT2D eigenvalue weighted by molar-refractivity contribution is 6.02. The number of halogens is 1. The third-order valence-corrected chi connectivity index (χ3v) is 3.47. The van der Waals surface area contributed by atoms with Gasteiger partial charge in [-0.05, 0) is 24.6 Å². The summed E-state index contributed by atoms with van der Waals surface area (Å²) in [6.45, 7) is 2.65. The Kier molecular flexibility index (Phi) is 4.27. The lowest BCUT2D eigenvalue weighted by Gasteiger charge is -2.12. The van der Waals surface area contributed by atoms with Crippen LogP contribution in [0.2, 0.25) is 0 Å². The van der Waals surface area contributed by atoms with E-state index in [4.69, 9.17) is 0 Å². The molecule has 3 rings (SSSR count). The smallest absolute Gasteiger partial charge is 0.331 e. The summed E-state index contributed by atoms with van der Waals surface area (Å²) in [5, 5.41) is 8.43. The Morgan fingerprint density at radius 2 is 2.04 bits per heavy atom. The van der Waals surface area contributed by atoms with Crippen LogP contribution in [0.5, 0.6) is 0 Å². The van der Waals surface area contributed by atoms with Crippen molar-refractivity contribution >= 4 is 11.7 Å². The first-order valence-electron chi connectivity index (χ1n) is 7.28. The molecule has 1 aromatic carbocycles. The van der Waals surface area contributed by atoms with E-state index in [2.05, 4.69) is 20.4 Å². The summed E-state index contributed by atoms with van der Waals surface area (Å²) in [6.07, 6.45) is 3.93. The molecule has 118 valence electrons. The number of aryl methyl sites for hydroxylation is 1. The Hall–Kier alpha value is -2.83. The summed E-state index contributed by atoms with van der Waals surface area (Å²) in [6, 6.07) is 5.81. The normalized spacial score (nSPS) is 13.8. The molecule has 0 fully saturated rings. The molecule has 0 spiro atoms. The fraction of sp³-hybridized carbons (Fsp3) is 0.250. The van der Waals surface area contributed by atoms with Gasteiger partial charge in [0.25, 0.3) is 0 Å². The van der Waals surface area contributed by atoms with Gasteiger partial charge in [-0.25, -0.2) is 14.2 Å². The number of hydrazone groups is 1.